The SMILES string of the molecule is NCc1ccc(N2C=CCC2)cc1. The first-order valence-electron chi connectivity index (χ1n) is 4.62. The van der Waals surface area contributed by atoms with Crippen LogP contribution in [0.5, 0.6) is 0 Å². The van der Waals surface area contributed by atoms with Crippen LogP contribution in [0.25, 0.3) is 0 Å². The molecule has 13 heavy (non-hydrogen) atoms. The third-order valence-electron chi connectivity index (χ3n) is 2.33. The monoisotopic (exact) mass is 174 g/mol. The van der Waals surface area contributed by atoms with Gasteiger partial charge in [-0.05, 0) is 24.1 Å². The molecule has 2 rings (SSSR count). The maximum Gasteiger partial charge on any atom is 0.0406 e. The second kappa shape index (κ2) is 3.62. The van der Waals surface area contributed by atoms with E-state index in [-0.39, 0.29) is 0 Å². The van der Waals surface area contributed by atoms with Crippen molar-refractivity contribution in [2.75, 3.05) is 11.4 Å². The zero-order valence-corrected chi connectivity index (χ0v) is 7.61. The lowest BCUT2D eigenvalue weighted by Crippen LogP contribution is -2.11. The third kappa shape index (κ3) is 1.73. The summed E-state index contributed by atoms with van der Waals surface area (Å²) in [6.45, 7) is 1.72. The van der Waals surface area contributed by atoms with Gasteiger partial charge in [-0.1, -0.05) is 18.2 Å². The molecule has 0 atom stereocenters. The lowest BCUT2D eigenvalue weighted by Gasteiger charge is -2.15. The number of hydrogen-bond acceptors (Lipinski definition) is 2. The summed E-state index contributed by atoms with van der Waals surface area (Å²) in [4.78, 5) is 2.25. The Balaban J connectivity index is 2.17. The van der Waals surface area contributed by atoms with Gasteiger partial charge in [-0.2, -0.15) is 0 Å². The van der Waals surface area contributed by atoms with Gasteiger partial charge in [0.05, 0.1) is 0 Å². The predicted octanol–water partition coefficient (Wildman–Crippen LogP) is 1.87. The maximum atomic E-state index is 5.53. The topological polar surface area (TPSA) is 29.3 Å². The number of hydrogen-bond donors (Lipinski definition) is 1. The Kier molecular flexibility index (Phi) is 2.32. The molecule has 68 valence electrons. The van der Waals surface area contributed by atoms with Crippen LogP contribution in [-0.4, -0.2) is 6.54 Å². The molecule has 1 aliphatic rings. The summed E-state index contributed by atoms with van der Waals surface area (Å²) >= 11 is 0. The van der Waals surface area contributed by atoms with Crippen molar-refractivity contribution in [3.05, 3.63) is 42.1 Å². The minimum absolute atomic E-state index is 0.621. The normalized spacial score (nSPS) is 15.3. The summed E-state index contributed by atoms with van der Waals surface area (Å²) in [6, 6.07) is 8.42. The fraction of sp³-hybridized carbons (Fsp3) is 0.273. The number of nitrogens with zero attached hydrogens (tertiary/aromatic N) is 1. The molecule has 1 aromatic rings. The second-order valence-electron chi connectivity index (χ2n) is 3.24. The smallest absolute Gasteiger partial charge is 0.0406 e. The maximum absolute atomic E-state index is 5.53. The first kappa shape index (κ1) is 8.32. The molecular formula is C11H14N2. The Hall–Kier alpha value is -1.28. The molecule has 0 spiro atoms. The highest BCUT2D eigenvalue weighted by Gasteiger charge is 2.05. The number of anilines is 1. The molecule has 2 heteroatoms. The van der Waals surface area contributed by atoms with Gasteiger partial charge in [-0.25, -0.2) is 0 Å². The summed E-state index contributed by atoms with van der Waals surface area (Å²) < 4.78 is 0. The van der Waals surface area contributed by atoms with Crippen LogP contribution in [0.4, 0.5) is 5.69 Å². The summed E-state index contributed by atoms with van der Waals surface area (Å²) in [5.41, 5.74) is 7.97. The Labute approximate surface area is 78.7 Å². The average Bonchev–Trinajstić information content (AvgIpc) is 2.71. The van der Waals surface area contributed by atoms with Crippen molar-refractivity contribution >= 4 is 5.69 Å². The van der Waals surface area contributed by atoms with Gasteiger partial charge in [0.15, 0.2) is 0 Å². The fourth-order valence-corrected chi connectivity index (χ4v) is 1.53. The molecule has 1 aromatic carbocycles. The first-order valence-corrected chi connectivity index (χ1v) is 4.62. The summed E-state index contributed by atoms with van der Waals surface area (Å²) in [6.07, 6.45) is 5.48. The van der Waals surface area contributed by atoms with Crippen LogP contribution >= 0.6 is 0 Å². The molecule has 0 fully saturated rings. The predicted molar refractivity (Wildman–Crippen MR) is 55.4 cm³/mol. The van der Waals surface area contributed by atoms with Gasteiger partial charge in [0.1, 0.15) is 0 Å². The van der Waals surface area contributed by atoms with Gasteiger partial charge < -0.3 is 10.6 Å². The highest BCUT2D eigenvalue weighted by molar-refractivity contribution is 5.51. The van der Waals surface area contributed by atoms with Crippen molar-refractivity contribution in [2.45, 2.75) is 13.0 Å². The Morgan fingerprint density at radius 3 is 2.54 bits per heavy atom. The van der Waals surface area contributed by atoms with E-state index in [2.05, 4.69) is 41.4 Å². The van der Waals surface area contributed by atoms with Gasteiger partial charge >= 0.3 is 0 Å². The van der Waals surface area contributed by atoms with Crippen LogP contribution < -0.4 is 10.6 Å². The first-order chi connectivity index (χ1) is 6.40. The van der Waals surface area contributed by atoms with Crippen LogP contribution in [0.15, 0.2) is 36.5 Å². The molecule has 1 aliphatic heterocycles. The second-order valence-corrected chi connectivity index (χ2v) is 3.24. The van der Waals surface area contributed by atoms with E-state index in [0.717, 1.165) is 13.0 Å². The van der Waals surface area contributed by atoms with E-state index >= 15 is 0 Å². The number of benzene rings is 1. The minimum atomic E-state index is 0.621. The molecule has 1 heterocycles. The van der Waals surface area contributed by atoms with Gasteiger partial charge in [-0.15, -0.1) is 0 Å². The molecule has 0 aliphatic carbocycles. The van der Waals surface area contributed by atoms with E-state index in [1.807, 2.05) is 0 Å². The quantitative estimate of drug-likeness (QED) is 0.741. The van der Waals surface area contributed by atoms with Gasteiger partial charge in [-0.3, -0.25) is 0 Å². The molecule has 0 amide bonds. The van der Waals surface area contributed by atoms with Crippen molar-refractivity contribution in [3.8, 4) is 0 Å². The van der Waals surface area contributed by atoms with E-state index in [4.69, 9.17) is 5.73 Å². The van der Waals surface area contributed by atoms with E-state index in [1.54, 1.807) is 0 Å². The molecule has 0 unspecified atom stereocenters. The van der Waals surface area contributed by atoms with Crippen molar-refractivity contribution in [1.29, 1.82) is 0 Å². The molecule has 0 bridgehead atoms. The zero-order chi connectivity index (χ0) is 9.10. The summed E-state index contributed by atoms with van der Waals surface area (Å²) in [5.74, 6) is 0. The minimum Gasteiger partial charge on any atom is -0.348 e. The van der Waals surface area contributed by atoms with E-state index < -0.39 is 0 Å². The van der Waals surface area contributed by atoms with Crippen LogP contribution in [0, 0.1) is 0 Å². The Morgan fingerprint density at radius 2 is 2.00 bits per heavy atom. The Morgan fingerprint density at radius 1 is 1.23 bits per heavy atom. The molecule has 0 saturated carbocycles. The van der Waals surface area contributed by atoms with Crippen LogP contribution in [0.2, 0.25) is 0 Å². The molecule has 0 radical (unpaired) electrons. The highest BCUT2D eigenvalue weighted by atomic mass is 15.1. The van der Waals surface area contributed by atoms with Crippen molar-refractivity contribution in [3.63, 3.8) is 0 Å². The molecular weight excluding hydrogens is 160 g/mol. The number of rotatable bonds is 2. The van der Waals surface area contributed by atoms with Crippen molar-refractivity contribution < 1.29 is 0 Å². The lowest BCUT2D eigenvalue weighted by atomic mass is 10.2. The summed E-state index contributed by atoms with van der Waals surface area (Å²) in [7, 11) is 0. The van der Waals surface area contributed by atoms with Crippen molar-refractivity contribution in [2.24, 2.45) is 5.73 Å². The van der Waals surface area contributed by atoms with Crippen molar-refractivity contribution in [1.82, 2.24) is 0 Å². The standard InChI is InChI=1S/C11H14N2/c12-9-10-3-5-11(6-4-10)13-7-1-2-8-13/h1,3-7H,2,8-9,12H2. The van der Waals surface area contributed by atoms with Crippen LogP contribution in [0.3, 0.4) is 0 Å². The molecule has 0 aromatic heterocycles. The summed E-state index contributed by atoms with van der Waals surface area (Å²) in [5, 5.41) is 0. The van der Waals surface area contributed by atoms with E-state index in [9.17, 15) is 0 Å². The van der Waals surface area contributed by atoms with E-state index in [1.165, 1.54) is 11.3 Å². The molecule has 2 N–H and O–H groups in total. The molecule has 0 saturated heterocycles. The lowest BCUT2D eigenvalue weighted by molar-refractivity contribution is 0.995. The highest BCUT2D eigenvalue weighted by Crippen LogP contribution is 2.18. The van der Waals surface area contributed by atoms with Crippen LogP contribution in [-0.2, 0) is 6.54 Å². The van der Waals surface area contributed by atoms with E-state index in [0.29, 0.717) is 6.54 Å². The Bertz CT molecular complexity index is 300. The van der Waals surface area contributed by atoms with Gasteiger partial charge in [0.25, 0.3) is 0 Å². The van der Waals surface area contributed by atoms with Gasteiger partial charge in [0, 0.05) is 25.0 Å². The zero-order valence-electron chi connectivity index (χ0n) is 7.61. The van der Waals surface area contributed by atoms with Gasteiger partial charge in [0.2, 0.25) is 0 Å². The van der Waals surface area contributed by atoms with Crippen LogP contribution in [0.1, 0.15) is 12.0 Å². The molecule has 2 nitrogen and oxygen atoms in total. The fourth-order valence-electron chi connectivity index (χ4n) is 1.53. The number of nitrogens with two attached hydrogens (primary N) is 1. The third-order valence-corrected chi connectivity index (χ3v) is 2.33. The largest absolute Gasteiger partial charge is 0.348 e. The average molecular weight is 174 g/mol.